The van der Waals surface area contributed by atoms with E-state index in [1.54, 1.807) is 24.3 Å². The third kappa shape index (κ3) is 2.80. The van der Waals surface area contributed by atoms with Crippen LogP contribution in [0.15, 0.2) is 24.3 Å². The summed E-state index contributed by atoms with van der Waals surface area (Å²) in [7, 11) is -3.67. The van der Waals surface area contributed by atoms with Crippen LogP contribution in [0.5, 0.6) is 0 Å². The molecule has 1 N–H and O–H groups in total. The Labute approximate surface area is 118 Å². The van der Waals surface area contributed by atoms with Gasteiger partial charge in [0.15, 0.2) is 0 Å². The molecule has 1 aromatic carbocycles. The molecule has 1 aliphatic heterocycles. The summed E-state index contributed by atoms with van der Waals surface area (Å²) >= 11 is 6.05. The van der Waals surface area contributed by atoms with Gasteiger partial charge in [0.2, 0.25) is 5.34 Å². The first-order chi connectivity index (χ1) is 8.68. The van der Waals surface area contributed by atoms with Crippen molar-refractivity contribution in [3.05, 3.63) is 34.9 Å². The molecule has 0 aromatic heterocycles. The van der Waals surface area contributed by atoms with Crippen LogP contribution < -0.4 is 4.89 Å². The summed E-state index contributed by atoms with van der Waals surface area (Å²) in [5.41, 5.74) is 0.129. The maximum atomic E-state index is 12.7. The minimum Gasteiger partial charge on any atom is -0.629 e. The lowest BCUT2D eigenvalue weighted by Gasteiger charge is -2.44. The Morgan fingerprint density at radius 2 is 1.84 bits per heavy atom. The van der Waals surface area contributed by atoms with Crippen molar-refractivity contribution in [3.8, 4) is 0 Å². The summed E-state index contributed by atoms with van der Waals surface area (Å²) in [5.74, 6) is 0. The second-order valence-corrected chi connectivity index (χ2v) is 8.50. The molecule has 0 saturated carbocycles. The zero-order chi connectivity index (χ0) is 14.3. The molecule has 1 atom stereocenters. The molecule has 1 aromatic rings. The van der Waals surface area contributed by atoms with E-state index in [9.17, 15) is 10.00 Å². The van der Waals surface area contributed by atoms with Gasteiger partial charge < -0.3 is 10.00 Å². The third-order valence-electron chi connectivity index (χ3n) is 3.17. The van der Waals surface area contributed by atoms with Gasteiger partial charge in [-0.15, -0.1) is 0 Å². The summed E-state index contributed by atoms with van der Waals surface area (Å²) in [6.07, 6.45) is 0. The van der Waals surface area contributed by atoms with Gasteiger partial charge in [-0.2, -0.15) is 0 Å². The smallest absolute Gasteiger partial charge is 0.274 e. The number of hydrogen-bond acceptors (Lipinski definition) is 4. The van der Waals surface area contributed by atoms with E-state index >= 15 is 0 Å². The van der Waals surface area contributed by atoms with Crippen molar-refractivity contribution in [2.45, 2.75) is 26.1 Å². The molecule has 0 aliphatic carbocycles. The number of benzene rings is 1. The molecule has 106 valence electrons. The van der Waals surface area contributed by atoms with Crippen LogP contribution in [0.25, 0.3) is 0 Å². The van der Waals surface area contributed by atoms with Crippen LogP contribution in [-0.4, -0.2) is 18.3 Å². The van der Waals surface area contributed by atoms with Gasteiger partial charge in [0, 0.05) is 17.9 Å². The Balaban J connectivity index is 2.32. The Kier molecular flexibility index (Phi) is 3.96. The number of halogens is 1. The number of hydrogen-bond donors (Lipinski definition) is 1. The van der Waals surface area contributed by atoms with E-state index in [0.29, 0.717) is 10.6 Å². The van der Waals surface area contributed by atoms with Crippen LogP contribution in [0, 0.1) is 5.41 Å². The van der Waals surface area contributed by atoms with E-state index in [-0.39, 0.29) is 18.6 Å². The zero-order valence-corrected chi connectivity index (χ0v) is 12.9. The van der Waals surface area contributed by atoms with Crippen molar-refractivity contribution in [3.63, 3.8) is 0 Å². The lowest BCUT2D eigenvalue weighted by Crippen LogP contribution is -2.43. The van der Waals surface area contributed by atoms with Crippen LogP contribution in [0.4, 0.5) is 0 Å². The van der Waals surface area contributed by atoms with Crippen LogP contribution in [0.1, 0.15) is 26.3 Å². The first-order valence-electron chi connectivity index (χ1n) is 6.05. The molecule has 2 rings (SSSR count). The summed E-state index contributed by atoms with van der Waals surface area (Å²) in [6, 6.07) is 6.71. The second kappa shape index (κ2) is 4.96. The highest BCUT2D eigenvalue weighted by atomic mass is 35.5. The Hall–Kier alpha value is -0.220. The molecular weight excluding hydrogens is 287 g/mol. The van der Waals surface area contributed by atoms with Gasteiger partial charge in [-0.3, -0.25) is 0 Å². The maximum Gasteiger partial charge on any atom is 0.274 e. The highest BCUT2D eigenvalue weighted by Gasteiger charge is 2.56. The normalized spacial score (nSPS) is 24.7. The monoisotopic (exact) mass is 304 g/mol. The van der Waals surface area contributed by atoms with Crippen molar-refractivity contribution in [1.29, 1.82) is 0 Å². The van der Waals surface area contributed by atoms with Crippen molar-refractivity contribution in [2.24, 2.45) is 5.41 Å². The minimum atomic E-state index is -3.67. The Bertz CT molecular complexity index is 465. The van der Waals surface area contributed by atoms with E-state index in [0.717, 1.165) is 0 Å². The van der Waals surface area contributed by atoms with Crippen molar-refractivity contribution < 1.29 is 19.0 Å². The fraction of sp³-hybridized carbons (Fsp3) is 0.538. The van der Waals surface area contributed by atoms with E-state index < -0.39 is 13.3 Å². The molecule has 1 heterocycles. The van der Waals surface area contributed by atoms with Crippen molar-refractivity contribution >= 4 is 19.5 Å². The molecule has 4 nitrogen and oxygen atoms in total. The molecule has 1 aliphatic rings. The molecule has 0 amide bonds. The average molecular weight is 305 g/mol. The van der Waals surface area contributed by atoms with Gasteiger partial charge >= 0.3 is 0 Å². The summed E-state index contributed by atoms with van der Waals surface area (Å²) in [6.45, 7) is 5.84. The van der Waals surface area contributed by atoms with E-state index in [2.05, 4.69) is 0 Å². The largest absolute Gasteiger partial charge is 0.629 e. The third-order valence-corrected chi connectivity index (χ3v) is 5.74. The molecule has 0 unspecified atom stereocenters. The molecule has 1 fully saturated rings. The zero-order valence-electron chi connectivity index (χ0n) is 11.2. The first kappa shape index (κ1) is 15.2. The topological polar surface area (TPSA) is 61.8 Å². The van der Waals surface area contributed by atoms with Gasteiger partial charge in [-0.25, -0.2) is 9.05 Å². The van der Waals surface area contributed by atoms with Gasteiger partial charge in [-0.1, -0.05) is 43.6 Å². The molecule has 0 bridgehead atoms. The molecule has 0 spiro atoms. The maximum absolute atomic E-state index is 12.7. The molecule has 19 heavy (non-hydrogen) atoms. The van der Waals surface area contributed by atoms with Gasteiger partial charge in [0.25, 0.3) is 7.94 Å². The van der Waals surface area contributed by atoms with Gasteiger partial charge in [-0.05, 0) is 6.07 Å². The number of aliphatic hydroxyl groups is 1. The highest BCUT2D eigenvalue weighted by Crippen LogP contribution is 2.69. The quantitative estimate of drug-likeness (QED) is 0.853. The lowest BCUT2D eigenvalue weighted by molar-refractivity contribution is -0.252. The predicted molar refractivity (Wildman–Crippen MR) is 73.6 cm³/mol. The van der Waals surface area contributed by atoms with Crippen LogP contribution in [-0.2, 0) is 14.4 Å². The summed E-state index contributed by atoms with van der Waals surface area (Å²) in [5, 5.41) is 9.19. The number of rotatable bonds is 2. The first-order valence-corrected chi connectivity index (χ1v) is 7.97. The fourth-order valence-electron chi connectivity index (χ4n) is 1.84. The van der Waals surface area contributed by atoms with E-state index in [1.165, 1.54) is 6.92 Å². The van der Waals surface area contributed by atoms with Crippen LogP contribution >= 0.6 is 19.5 Å². The molecule has 1 saturated heterocycles. The fourth-order valence-corrected chi connectivity index (χ4v) is 4.33. The SMILES string of the molecule is CC1(C)CO[P+]([O-])([C@@](C)(O)c2ccccc2Cl)OC1. The summed E-state index contributed by atoms with van der Waals surface area (Å²) in [4.78, 5) is 12.7. The van der Waals surface area contributed by atoms with Crippen molar-refractivity contribution in [1.82, 2.24) is 0 Å². The van der Waals surface area contributed by atoms with Crippen molar-refractivity contribution in [2.75, 3.05) is 13.2 Å². The van der Waals surface area contributed by atoms with E-state index in [4.69, 9.17) is 20.6 Å². The Morgan fingerprint density at radius 1 is 1.32 bits per heavy atom. The van der Waals surface area contributed by atoms with Gasteiger partial charge in [0.05, 0.1) is 5.02 Å². The highest BCUT2D eigenvalue weighted by molar-refractivity contribution is 7.60. The van der Waals surface area contributed by atoms with Crippen LogP contribution in [0.2, 0.25) is 5.02 Å². The van der Waals surface area contributed by atoms with E-state index in [1.807, 2.05) is 13.8 Å². The molecular formula is C13H18ClO4P. The van der Waals surface area contributed by atoms with Crippen LogP contribution in [0.3, 0.4) is 0 Å². The summed E-state index contributed by atoms with van der Waals surface area (Å²) < 4.78 is 10.8. The predicted octanol–water partition coefficient (Wildman–Crippen LogP) is 2.70. The minimum absolute atomic E-state index is 0.218. The second-order valence-electron chi connectivity index (χ2n) is 5.71. The average Bonchev–Trinajstić information content (AvgIpc) is 2.33. The molecule has 0 radical (unpaired) electrons. The Morgan fingerprint density at radius 3 is 2.37 bits per heavy atom. The molecule has 6 heteroatoms. The lowest BCUT2D eigenvalue weighted by atomic mass is 9.97. The standard InChI is InChI=1S/C13H18ClO4P/c1-12(2)8-17-19(16,18-9-12)13(3,15)10-6-4-5-7-11(10)14/h4-7,15H,8-9H2,1-3H3/t13-/m1/s1. The van der Waals surface area contributed by atoms with Gasteiger partial charge in [0.1, 0.15) is 13.2 Å².